The van der Waals surface area contributed by atoms with Gasteiger partial charge < -0.3 is 15.4 Å². The number of aromatic nitrogens is 1. The third kappa shape index (κ3) is 7.28. The first kappa shape index (κ1) is 14.4. The minimum atomic E-state index is 0.677. The van der Waals surface area contributed by atoms with E-state index in [2.05, 4.69) is 15.6 Å². The van der Waals surface area contributed by atoms with Crippen molar-refractivity contribution in [1.29, 1.82) is 0 Å². The molecular weight excluding hydrogens is 238 g/mol. The molecular formula is C12H20ClN3O. The van der Waals surface area contributed by atoms with Gasteiger partial charge >= 0.3 is 0 Å². The Balaban J connectivity index is 1.95. The van der Waals surface area contributed by atoms with Crippen LogP contribution in [-0.2, 0) is 11.3 Å². The van der Waals surface area contributed by atoms with Crippen molar-refractivity contribution >= 4 is 11.6 Å². The molecule has 0 aromatic carbocycles. The molecule has 1 aromatic heterocycles. The number of hydrogen-bond donors (Lipinski definition) is 2. The van der Waals surface area contributed by atoms with E-state index in [0.717, 1.165) is 44.9 Å². The molecule has 1 aromatic rings. The number of nitrogens with zero attached hydrogens (tertiary/aromatic N) is 1. The highest BCUT2D eigenvalue weighted by molar-refractivity contribution is 6.30. The van der Waals surface area contributed by atoms with E-state index in [1.54, 1.807) is 13.3 Å². The molecule has 0 bridgehead atoms. The lowest BCUT2D eigenvalue weighted by Gasteiger charge is -2.05. The second-order valence-corrected chi connectivity index (χ2v) is 4.18. The van der Waals surface area contributed by atoms with E-state index in [4.69, 9.17) is 16.3 Å². The molecule has 96 valence electrons. The normalized spacial score (nSPS) is 10.7. The molecule has 0 fully saturated rings. The fourth-order valence-electron chi connectivity index (χ4n) is 1.37. The van der Waals surface area contributed by atoms with E-state index in [9.17, 15) is 0 Å². The van der Waals surface area contributed by atoms with Crippen LogP contribution in [0.25, 0.3) is 0 Å². The maximum absolute atomic E-state index is 5.75. The van der Waals surface area contributed by atoms with Gasteiger partial charge in [-0.1, -0.05) is 11.6 Å². The second-order valence-electron chi connectivity index (χ2n) is 3.74. The summed E-state index contributed by atoms with van der Waals surface area (Å²) >= 11 is 5.75. The maximum Gasteiger partial charge on any atom is 0.0589 e. The Hall–Kier alpha value is -0.680. The topological polar surface area (TPSA) is 46.2 Å². The zero-order valence-electron chi connectivity index (χ0n) is 10.2. The molecule has 0 unspecified atom stereocenters. The van der Waals surface area contributed by atoms with Crippen LogP contribution >= 0.6 is 11.6 Å². The van der Waals surface area contributed by atoms with Gasteiger partial charge in [0.2, 0.25) is 0 Å². The van der Waals surface area contributed by atoms with E-state index in [-0.39, 0.29) is 0 Å². The summed E-state index contributed by atoms with van der Waals surface area (Å²) < 4.78 is 4.94. The van der Waals surface area contributed by atoms with Crippen LogP contribution in [0.4, 0.5) is 0 Å². The molecule has 4 nitrogen and oxygen atoms in total. The van der Waals surface area contributed by atoms with Crippen molar-refractivity contribution in [2.75, 3.05) is 33.4 Å². The number of nitrogens with one attached hydrogen (secondary N) is 2. The monoisotopic (exact) mass is 257 g/mol. The molecule has 0 aliphatic heterocycles. The van der Waals surface area contributed by atoms with Crippen LogP contribution in [0.3, 0.4) is 0 Å². The van der Waals surface area contributed by atoms with E-state index in [1.807, 2.05) is 12.1 Å². The summed E-state index contributed by atoms with van der Waals surface area (Å²) in [6.07, 6.45) is 2.77. The van der Waals surface area contributed by atoms with Crippen LogP contribution < -0.4 is 10.6 Å². The van der Waals surface area contributed by atoms with Crippen LogP contribution in [0.2, 0.25) is 5.02 Å². The van der Waals surface area contributed by atoms with Crippen LogP contribution in [0.15, 0.2) is 18.3 Å². The summed E-state index contributed by atoms with van der Waals surface area (Å²) in [5, 5.41) is 7.31. The predicted molar refractivity (Wildman–Crippen MR) is 70.3 cm³/mol. The summed E-state index contributed by atoms with van der Waals surface area (Å²) in [5.74, 6) is 0. The van der Waals surface area contributed by atoms with Crippen molar-refractivity contribution in [2.45, 2.75) is 13.0 Å². The number of halogens is 1. The highest BCUT2D eigenvalue weighted by atomic mass is 35.5. The van der Waals surface area contributed by atoms with Gasteiger partial charge in [-0.15, -0.1) is 0 Å². The Morgan fingerprint density at radius 3 is 2.76 bits per heavy atom. The van der Waals surface area contributed by atoms with Crippen molar-refractivity contribution in [3.63, 3.8) is 0 Å². The lowest BCUT2D eigenvalue weighted by atomic mass is 10.3. The van der Waals surface area contributed by atoms with Gasteiger partial charge in [0.15, 0.2) is 0 Å². The second kappa shape index (κ2) is 9.36. The molecule has 0 atom stereocenters. The number of hydrogen-bond acceptors (Lipinski definition) is 4. The van der Waals surface area contributed by atoms with Crippen LogP contribution in [-0.4, -0.2) is 38.3 Å². The lowest BCUT2D eigenvalue weighted by molar-refractivity contribution is 0.199. The van der Waals surface area contributed by atoms with E-state index >= 15 is 0 Å². The maximum atomic E-state index is 5.75. The molecule has 0 spiro atoms. The molecule has 0 radical (unpaired) electrons. The molecule has 1 heterocycles. The minimum Gasteiger partial charge on any atom is -0.383 e. The molecule has 0 saturated heterocycles. The fraction of sp³-hybridized carbons (Fsp3) is 0.583. The van der Waals surface area contributed by atoms with E-state index in [1.165, 1.54) is 0 Å². The van der Waals surface area contributed by atoms with Gasteiger partial charge in [0.25, 0.3) is 0 Å². The molecule has 0 aliphatic rings. The summed E-state index contributed by atoms with van der Waals surface area (Å²) in [6.45, 7) is 4.45. The van der Waals surface area contributed by atoms with Gasteiger partial charge in [0.1, 0.15) is 0 Å². The van der Waals surface area contributed by atoms with Gasteiger partial charge in [-0.3, -0.25) is 4.98 Å². The number of rotatable bonds is 9. The molecule has 1 rings (SSSR count). The third-order valence-electron chi connectivity index (χ3n) is 2.28. The average molecular weight is 258 g/mol. The van der Waals surface area contributed by atoms with Crippen LogP contribution in [0, 0.1) is 0 Å². The zero-order valence-corrected chi connectivity index (χ0v) is 11.0. The lowest BCUT2D eigenvalue weighted by Crippen LogP contribution is -2.24. The van der Waals surface area contributed by atoms with E-state index in [0.29, 0.717) is 5.02 Å². The molecule has 0 saturated carbocycles. The van der Waals surface area contributed by atoms with Crippen molar-refractivity contribution in [2.24, 2.45) is 0 Å². The Bertz CT molecular complexity index is 292. The third-order valence-corrected chi connectivity index (χ3v) is 2.51. The predicted octanol–water partition coefficient (Wildman–Crippen LogP) is 1.45. The number of pyridine rings is 1. The summed E-state index contributed by atoms with van der Waals surface area (Å²) in [6, 6.07) is 3.80. The average Bonchev–Trinajstić information content (AvgIpc) is 2.35. The highest BCUT2D eigenvalue weighted by Crippen LogP contribution is 2.05. The molecule has 0 aliphatic carbocycles. The minimum absolute atomic E-state index is 0.677. The molecule has 2 N–H and O–H groups in total. The first-order valence-electron chi connectivity index (χ1n) is 5.83. The van der Waals surface area contributed by atoms with Gasteiger partial charge in [0.05, 0.1) is 17.3 Å². The first-order valence-corrected chi connectivity index (χ1v) is 6.21. The van der Waals surface area contributed by atoms with Gasteiger partial charge in [-0.2, -0.15) is 0 Å². The Morgan fingerprint density at radius 2 is 2.06 bits per heavy atom. The van der Waals surface area contributed by atoms with Gasteiger partial charge in [0, 0.05) is 26.4 Å². The van der Waals surface area contributed by atoms with E-state index < -0.39 is 0 Å². The van der Waals surface area contributed by atoms with Gasteiger partial charge in [-0.25, -0.2) is 0 Å². The smallest absolute Gasteiger partial charge is 0.0589 e. The largest absolute Gasteiger partial charge is 0.383 e. The number of methoxy groups -OCH3 is 1. The van der Waals surface area contributed by atoms with Crippen molar-refractivity contribution in [3.8, 4) is 0 Å². The quantitative estimate of drug-likeness (QED) is 0.658. The summed E-state index contributed by atoms with van der Waals surface area (Å²) in [4.78, 5) is 4.21. The van der Waals surface area contributed by atoms with Crippen LogP contribution in [0.1, 0.15) is 12.1 Å². The Kier molecular flexibility index (Phi) is 7.92. The van der Waals surface area contributed by atoms with Crippen molar-refractivity contribution in [1.82, 2.24) is 15.6 Å². The highest BCUT2D eigenvalue weighted by Gasteiger charge is 1.94. The SMILES string of the molecule is COCCNCCCNCc1ccc(Cl)cn1. The Morgan fingerprint density at radius 1 is 1.24 bits per heavy atom. The zero-order chi connectivity index (χ0) is 12.3. The number of ether oxygens (including phenoxy) is 1. The molecule has 17 heavy (non-hydrogen) atoms. The van der Waals surface area contributed by atoms with Gasteiger partial charge in [-0.05, 0) is 31.6 Å². The molecule has 0 amide bonds. The first-order chi connectivity index (χ1) is 8.33. The fourth-order valence-corrected chi connectivity index (χ4v) is 1.48. The van der Waals surface area contributed by atoms with Crippen molar-refractivity contribution in [3.05, 3.63) is 29.0 Å². The van der Waals surface area contributed by atoms with Crippen LogP contribution in [0.5, 0.6) is 0 Å². The van der Waals surface area contributed by atoms with Crippen molar-refractivity contribution < 1.29 is 4.74 Å². The molecule has 5 heteroatoms. The Labute approximate surface area is 108 Å². The summed E-state index contributed by atoms with van der Waals surface area (Å²) in [7, 11) is 1.71. The standard InChI is InChI=1S/C12H20ClN3O/c1-17-8-7-14-5-2-6-15-10-12-4-3-11(13)9-16-12/h3-4,9,14-15H,2,5-8,10H2,1H3. The summed E-state index contributed by atoms with van der Waals surface area (Å²) in [5.41, 5.74) is 1.02.